The summed E-state index contributed by atoms with van der Waals surface area (Å²) in [6, 6.07) is 5.90. The van der Waals surface area contributed by atoms with Crippen LogP contribution in [0.5, 0.6) is 0 Å². The van der Waals surface area contributed by atoms with Gasteiger partial charge in [0, 0.05) is 12.0 Å². The van der Waals surface area contributed by atoms with Crippen LogP contribution in [-0.2, 0) is 11.2 Å². The molecule has 7 heteroatoms. The fraction of sp³-hybridized carbons (Fsp3) is 0.429. The lowest BCUT2D eigenvalue weighted by atomic mass is 9.74. The van der Waals surface area contributed by atoms with Crippen LogP contribution in [-0.4, -0.2) is 17.9 Å². The Morgan fingerprint density at radius 1 is 1.29 bits per heavy atom. The molecule has 0 radical (unpaired) electrons. The predicted octanol–water partition coefficient (Wildman–Crippen LogP) is 4.84. The summed E-state index contributed by atoms with van der Waals surface area (Å²) >= 11 is 12.1. The van der Waals surface area contributed by atoms with Gasteiger partial charge in [-0.1, -0.05) is 43.1 Å². The maximum Gasteiger partial charge on any atom is 0.253 e. The van der Waals surface area contributed by atoms with Crippen LogP contribution in [0, 0.1) is 12.3 Å². The first-order valence-corrected chi connectivity index (χ1v) is 9.97. The van der Waals surface area contributed by atoms with Crippen molar-refractivity contribution >= 4 is 35.0 Å². The maximum atomic E-state index is 12.7. The van der Waals surface area contributed by atoms with Gasteiger partial charge in [0.1, 0.15) is 17.6 Å². The molecule has 150 valence electrons. The maximum absolute atomic E-state index is 12.7. The normalized spacial score (nSPS) is 18.9. The second kappa shape index (κ2) is 7.80. The lowest BCUT2D eigenvalue weighted by molar-refractivity contribution is -0.123. The molecule has 0 fully saturated rings. The van der Waals surface area contributed by atoms with Crippen molar-refractivity contribution in [3.63, 3.8) is 0 Å². The molecule has 0 saturated heterocycles. The number of hydrogen-bond acceptors (Lipinski definition) is 3. The van der Waals surface area contributed by atoms with Crippen LogP contribution in [0.1, 0.15) is 60.7 Å². The highest BCUT2D eigenvalue weighted by Gasteiger charge is 2.36. The van der Waals surface area contributed by atoms with Gasteiger partial charge in [0.2, 0.25) is 5.91 Å². The van der Waals surface area contributed by atoms with Crippen molar-refractivity contribution in [3.8, 4) is 0 Å². The zero-order valence-corrected chi connectivity index (χ0v) is 17.9. The molecule has 2 atom stereocenters. The summed E-state index contributed by atoms with van der Waals surface area (Å²) in [6.07, 6.45) is 1.63. The molecule has 1 aliphatic rings. The van der Waals surface area contributed by atoms with Crippen LogP contribution in [0.4, 0.5) is 0 Å². The van der Waals surface area contributed by atoms with Crippen molar-refractivity contribution in [1.29, 1.82) is 0 Å². The van der Waals surface area contributed by atoms with E-state index in [0.29, 0.717) is 5.02 Å². The number of carbonyl (C=O) groups is 2. The van der Waals surface area contributed by atoms with E-state index in [4.69, 9.17) is 27.6 Å². The SMILES string of the molecule is Cc1cc2c(o1)CC(C)(C)CC2NC(=O)C(C)NC(=O)c1cccc(Cl)c1Cl. The molecule has 0 aliphatic heterocycles. The van der Waals surface area contributed by atoms with Crippen LogP contribution in [0.3, 0.4) is 0 Å². The third kappa shape index (κ3) is 4.36. The molecule has 1 heterocycles. The minimum atomic E-state index is -0.732. The van der Waals surface area contributed by atoms with E-state index < -0.39 is 11.9 Å². The van der Waals surface area contributed by atoms with Gasteiger partial charge < -0.3 is 15.1 Å². The van der Waals surface area contributed by atoms with Gasteiger partial charge in [-0.25, -0.2) is 0 Å². The fourth-order valence-corrected chi connectivity index (χ4v) is 4.02. The smallest absolute Gasteiger partial charge is 0.253 e. The van der Waals surface area contributed by atoms with Crippen molar-refractivity contribution < 1.29 is 14.0 Å². The number of carbonyl (C=O) groups excluding carboxylic acids is 2. The molecule has 0 bridgehead atoms. The Morgan fingerprint density at radius 3 is 2.71 bits per heavy atom. The Labute approximate surface area is 174 Å². The van der Waals surface area contributed by atoms with Crippen molar-refractivity contribution in [1.82, 2.24) is 10.6 Å². The molecule has 2 aromatic rings. The minimum Gasteiger partial charge on any atom is -0.466 e. The van der Waals surface area contributed by atoms with Crippen molar-refractivity contribution in [2.75, 3.05) is 0 Å². The first-order valence-electron chi connectivity index (χ1n) is 9.22. The summed E-state index contributed by atoms with van der Waals surface area (Å²) in [5.74, 6) is 1.04. The second-order valence-electron chi connectivity index (χ2n) is 8.14. The molecular weight excluding hydrogens is 399 g/mol. The number of halogens is 2. The Kier molecular flexibility index (Phi) is 5.78. The molecule has 1 aromatic heterocycles. The number of aryl methyl sites for hydroxylation is 1. The average Bonchev–Trinajstić information content (AvgIpc) is 2.96. The van der Waals surface area contributed by atoms with Gasteiger partial charge in [0.15, 0.2) is 0 Å². The van der Waals surface area contributed by atoms with Gasteiger partial charge in [0.05, 0.1) is 21.7 Å². The molecule has 2 N–H and O–H groups in total. The summed E-state index contributed by atoms with van der Waals surface area (Å²) in [4.78, 5) is 25.2. The third-order valence-electron chi connectivity index (χ3n) is 4.99. The number of rotatable bonds is 4. The second-order valence-corrected chi connectivity index (χ2v) is 8.92. The van der Waals surface area contributed by atoms with Crippen molar-refractivity contribution in [2.24, 2.45) is 5.41 Å². The molecule has 1 aromatic carbocycles. The van der Waals surface area contributed by atoms with Crippen LogP contribution >= 0.6 is 23.2 Å². The largest absolute Gasteiger partial charge is 0.466 e. The molecule has 1 aliphatic carbocycles. The zero-order chi connectivity index (χ0) is 20.6. The van der Waals surface area contributed by atoms with E-state index in [1.807, 2.05) is 13.0 Å². The number of nitrogens with one attached hydrogen (secondary N) is 2. The average molecular weight is 423 g/mol. The molecule has 2 unspecified atom stereocenters. The van der Waals surface area contributed by atoms with Gasteiger partial charge in [-0.05, 0) is 43.9 Å². The predicted molar refractivity (Wildman–Crippen MR) is 110 cm³/mol. The van der Waals surface area contributed by atoms with Gasteiger partial charge in [-0.15, -0.1) is 0 Å². The van der Waals surface area contributed by atoms with Crippen LogP contribution < -0.4 is 10.6 Å². The quantitative estimate of drug-likeness (QED) is 0.739. The monoisotopic (exact) mass is 422 g/mol. The Morgan fingerprint density at radius 2 is 2.00 bits per heavy atom. The number of furan rings is 1. The third-order valence-corrected chi connectivity index (χ3v) is 5.81. The van der Waals surface area contributed by atoms with E-state index in [1.165, 1.54) is 0 Å². The van der Waals surface area contributed by atoms with Gasteiger partial charge in [-0.3, -0.25) is 9.59 Å². The number of hydrogen-bond donors (Lipinski definition) is 2. The highest BCUT2D eigenvalue weighted by atomic mass is 35.5. The van der Waals surface area contributed by atoms with E-state index in [9.17, 15) is 9.59 Å². The summed E-state index contributed by atoms with van der Waals surface area (Å²) in [5, 5.41) is 6.20. The molecule has 28 heavy (non-hydrogen) atoms. The molecule has 0 spiro atoms. The Bertz CT molecular complexity index is 920. The van der Waals surface area contributed by atoms with E-state index in [-0.39, 0.29) is 28.0 Å². The standard InChI is InChI=1S/C21H24Cl2N2O3/c1-11-8-14-16(9-21(3,4)10-17(14)28-11)25-19(26)12(2)24-20(27)13-6-5-7-15(22)18(13)23/h5-8,12,16H,9-10H2,1-4H3,(H,24,27)(H,25,26). The summed E-state index contributed by atoms with van der Waals surface area (Å²) in [5.41, 5.74) is 1.26. The highest BCUT2D eigenvalue weighted by molar-refractivity contribution is 6.43. The van der Waals surface area contributed by atoms with Crippen LogP contribution in [0.25, 0.3) is 0 Å². The van der Waals surface area contributed by atoms with Crippen molar-refractivity contribution in [3.05, 3.63) is 57.0 Å². The Hall–Kier alpha value is -1.98. The van der Waals surface area contributed by atoms with Crippen LogP contribution in [0.2, 0.25) is 10.0 Å². The van der Waals surface area contributed by atoms with Gasteiger partial charge in [0.25, 0.3) is 5.91 Å². The summed E-state index contributed by atoms with van der Waals surface area (Å²) < 4.78 is 5.81. The lowest BCUT2D eigenvalue weighted by Crippen LogP contribution is -2.47. The topological polar surface area (TPSA) is 71.3 Å². The molecule has 3 rings (SSSR count). The van der Waals surface area contributed by atoms with E-state index in [0.717, 1.165) is 29.9 Å². The fourth-order valence-electron chi connectivity index (χ4n) is 3.63. The number of amides is 2. The van der Waals surface area contributed by atoms with Crippen molar-refractivity contribution in [2.45, 2.75) is 52.6 Å². The van der Waals surface area contributed by atoms with Crippen LogP contribution in [0.15, 0.2) is 28.7 Å². The molecule has 5 nitrogen and oxygen atoms in total. The molecular formula is C21H24Cl2N2O3. The number of fused-ring (bicyclic) bond motifs is 1. The lowest BCUT2D eigenvalue weighted by Gasteiger charge is -2.35. The van der Waals surface area contributed by atoms with Gasteiger partial charge >= 0.3 is 0 Å². The Balaban J connectivity index is 1.70. The zero-order valence-electron chi connectivity index (χ0n) is 16.4. The first kappa shape index (κ1) is 20.7. The highest BCUT2D eigenvalue weighted by Crippen LogP contribution is 2.42. The molecule has 2 amide bonds. The van der Waals surface area contributed by atoms with E-state index >= 15 is 0 Å². The van der Waals surface area contributed by atoms with E-state index in [2.05, 4.69) is 24.5 Å². The minimum absolute atomic E-state index is 0.00996. The van der Waals surface area contributed by atoms with Gasteiger partial charge in [-0.2, -0.15) is 0 Å². The first-order chi connectivity index (χ1) is 13.1. The van der Waals surface area contributed by atoms with E-state index in [1.54, 1.807) is 25.1 Å². The summed E-state index contributed by atoms with van der Waals surface area (Å²) in [7, 11) is 0. The number of benzene rings is 1. The molecule has 0 saturated carbocycles. The summed E-state index contributed by atoms with van der Waals surface area (Å²) in [6.45, 7) is 7.85.